The highest BCUT2D eigenvalue weighted by molar-refractivity contribution is 5.79. The first-order valence-corrected chi connectivity index (χ1v) is 3.80. The van der Waals surface area contributed by atoms with E-state index in [0.717, 1.165) is 6.20 Å². The molecule has 17 heavy (non-hydrogen) atoms. The van der Waals surface area contributed by atoms with Crippen LogP contribution < -0.4 is 45.4 Å². The zero-order chi connectivity index (χ0) is 11.4. The molecule has 0 aromatic carbocycles. The maximum Gasteiger partial charge on any atom is 0.342 e. The molecule has 0 aliphatic heterocycles. The zero-order valence-electron chi connectivity index (χ0n) is 8.62. The van der Waals surface area contributed by atoms with Crippen LogP contribution >= 0.6 is 0 Å². The first-order valence-electron chi connectivity index (χ1n) is 3.80. The molecule has 0 radical (unpaired) electrons. The maximum atomic E-state index is 10.4. The Morgan fingerprint density at radius 2 is 2.18 bits per heavy atom. The third kappa shape index (κ3) is 4.91. The van der Waals surface area contributed by atoms with Gasteiger partial charge in [0.05, 0.1) is 7.05 Å². The van der Waals surface area contributed by atoms with Crippen molar-refractivity contribution in [2.45, 2.75) is 0 Å². The van der Waals surface area contributed by atoms with Crippen LogP contribution in [0.1, 0.15) is 5.82 Å². The van der Waals surface area contributed by atoms with Gasteiger partial charge in [0.2, 0.25) is 11.8 Å². The average molecular weight is 371 g/mol. The van der Waals surface area contributed by atoms with Crippen LogP contribution in [-0.4, -0.2) is 26.6 Å². The summed E-state index contributed by atoms with van der Waals surface area (Å²) < 4.78 is 1.26. The number of halogens is 2. The van der Waals surface area contributed by atoms with Gasteiger partial charge in [-0.05, 0) is 4.92 Å². The highest BCUT2D eigenvalue weighted by Gasteiger charge is 2.14. The molecule has 0 fully saturated rings. The molecular formula is C6H9Br2N7O2-2. The topological polar surface area (TPSA) is 138 Å². The molecule has 1 rings (SSSR count). The molecule has 0 spiro atoms. The summed E-state index contributed by atoms with van der Waals surface area (Å²) in [5.74, 6) is -0.0530. The summed E-state index contributed by atoms with van der Waals surface area (Å²) in [5.41, 5.74) is 10.1. The molecule has 0 unspecified atom stereocenters. The van der Waals surface area contributed by atoms with E-state index in [-0.39, 0.29) is 51.6 Å². The van der Waals surface area contributed by atoms with Gasteiger partial charge >= 0.3 is 5.82 Å². The molecule has 4 N–H and O–H groups in total. The second-order valence-corrected chi connectivity index (χ2v) is 2.56. The number of rotatable bonds is 3. The number of aromatic nitrogens is 2. The van der Waals surface area contributed by atoms with E-state index in [1.54, 1.807) is 0 Å². The van der Waals surface area contributed by atoms with Crippen molar-refractivity contribution in [1.29, 1.82) is 0 Å². The lowest BCUT2D eigenvalue weighted by atomic mass is 10.6. The standard InChI is InChI=1S/C6H9N7O2.2BrH/c1-12-4(2-10-11-6(7)8)9-3-5(12)13(14)15;;/h2-3H,1H3,(H4,7,8,11);2*1H/p-2. The third-order valence-corrected chi connectivity index (χ3v) is 1.53. The van der Waals surface area contributed by atoms with Gasteiger partial charge in [-0.2, -0.15) is 0 Å². The van der Waals surface area contributed by atoms with Gasteiger partial charge in [0.15, 0.2) is 0 Å². The van der Waals surface area contributed by atoms with Crippen LogP contribution in [-0.2, 0) is 7.05 Å². The Hall–Kier alpha value is -1.49. The highest BCUT2D eigenvalue weighted by Crippen LogP contribution is 2.09. The summed E-state index contributed by atoms with van der Waals surface area (Å²) in [7, 11) is 1.49. The lowest BCUT2D eigenvalue weighted by Crippen LogP contribution is -3.00. The molecule has 1 aromatic rings. The van der Waals surface area contributed by atoms with Crippen LogP contribution in [0.5, 0.6) is 0 Å². The van der Waals surface area contributed by atoms with Crippen LogP contribution in [0.3, 0.4) is 0 Å². The number of hydrogen-bond acceptors (Lipinski definition) is 5. The van der Waals surface area contributed by atoms with Gasteiger partial charge in [-0.3, -0.25) is 0 Å². The SMILES string of the molecule is Cn1c([N+](=O)[O-])cnc1C=NN=C(N)N.[Br-].[Br-]. The lowest BCUT2D eigenvalue weighted by Gasteiger charge is -1.92. The van der Waals surface area contributed by atoms with Gasteiger partial charge in [-0.25, -0.2) is 9.55 Å². The summed E-state index contributed by atoms with van der Waals surface area (Å²) in [6.07, 6.45) is 2.34. The number of hydrogen-bond donors (Lipinski definition) is 2. The zero-order valence-corrected chi connectivity index (χ0v) is 11.8. The van der Waals surface area contributed by atoms with Crippen LogP contribution in [0.4, 0.5) is 5.82 Å². The molecule has 9 nitrogen and oxygen atoms in total. The van der Waals surface area contributed by atoms with E-state index in [0.29, 0.717) is 0 Å². The van der Waals surface area contributed by atoms with Crippen molar-refractivity contribution in [3.05, 3.63) is 22.1 Å². The normalized spacial score (nSPS) is 9.24. The number of nitrogens with zero attached hydrogens (tertiary/aromatic N) is 5. The number of nitro groups is 1. The Labute approximate surface area is 117 Å². The van der Waals surface area contributed by atoms with E-state index in [9.17, 15) is 10.1 Å². The van der Waals surface area contributed by atoms with Crippen molar-refractivity contribution in [3.8, 4) is 0 Å². The molecule has 1 aromatic heterocycles. The molecular weight excluding hydrogens is 362 g/mol. The van der Waals surface area contributed by atoms with Gasteiger partial charge < -0.3 is 55.5 Å². The Morgan fingerprint density at radius 1 is 1.59 bits per heavy atom. The predicted octanol–water partition coefficient (Wildman–Crippen LogP) is -7.06. The van der Waals surface area contributed by atoms with Gasteiger partial charge in [-0.15, -0.1) is 10.2 Å². The first-order chi connectivity index (χ1) is 7.02. The summed E-state index contributed by atoms with van der Waals surface area (Å²) >= 11 is 0. The fraction of sp³-hybridized carbons (Fsp3) is 0.167. The van der Waals surface area contributed by atoms with Crippen molar-refractivity contribution in [3.63, 3.8) is 0 Å². The van der Waals surface area contributed by atoms with Crippen molar-refractivity contribution < 1.29 is 38.9 Å². The minimum atomic E-state index is -0.551. The Kier molecular flexibility index (Phi) is 8.13. The minimum Gasteiger partial charge on any atom is -1.00 e. The first kappa shape index (κ1) is 17.9. The minimum absolute atomic E-state index is 0. The smallest absolute Gasteiger partial charge is 0.342 e. The van der Waals surface area contributed by atoms with Crippen molar-refractivity contribution in [1.82, 2.24) is 9.55 Å². The van der Waals surface area contributed by atoms with Crippen LogP contribution in [0.15, 0.2) is 16.4 Å². The molecule has 0 atom stereocenters. The molecule has 11 heteroatoms. The van der Waals surface area contributed by atoms with Crippen molar-refractivity contribution in [2.24, 2.45) is 28.7 Å². The fourth-order valence-electron chi connectivity index (χ4n) is 0.851. The van der Waals surface area contributed by atoms with E-state index < -0.39 is 4.92 Å². The Balaban J connectivity index is 0. The molecule has 0 amide bonds. The quantitative estimate of drug-likeness (QED) is 0.235. The number of guanidine groups is 1. The van der Waals surface area contributed by atoms with Gasteiger partial charge in [-0.1, -0.05) is 0 Å². The van der Waals surface area contributed by atoms with Crippen molar-refractivity contribution >= 4 is 18.0 Å². The number of nitrogens with two attached hydrogens (primary N) is 2. The maximum absolute atomic E-state index is 10.4. The lowest BCUT2D eigenvalue weighted by molar-refractivity contribution is -0.391. The second-order valence-electron chi connectivity index (χ2n) is 2.56. The molecule has 0 saturated carbocycles. The van der Waals surface area contributed by atoms with E-state index in [1.165, 1.54) is 17.8 Å². The predicted molar refractivity (Wildman–Crippen MR) is 53.3 cm³/mol. The molecule has 0 saturated heterocycles. The molecule has 96 valence electrons. The Morgan fingerprint density at radius 3 is 2.59 bits per heavy atom. The van der Waals surface area contributed by atoms with Crippen LogP contribution in [0, 0.1) is 10.1 Å². The third-order valence-electron chi connectivity index (χ3n) is 1.53. The van der Waals surface area contributed by atoms with Crippen LogP contribution in [0.25, 0.3) is 0 Å². The van der Waals surface area contributed by atoms with E-state index in [1.807, 2.05) is 0 Å². The fourth-order valence-corrected chi connectivity index (χ4v) is 0.851. The number of imidazole rings is 1. The van der Waals surface area contributed by atoms with E-state index in [2.05, 4.69) is 15.2 Å². The summed E-state index contributed by atoms with van der Waals surface area (Å²) in [4.78, 5) is 13.7. The summed E-state index contributed by atoms with van der Waals surface area (Å²) in [6.45, 7) is 0. The molecule has 0 aliphatic rings. The monoisotopic (exact) mass is 369 g/mol. The van der Waals surface area contributed by atoms with E-state index >= 15 is 0 Å². The second kappa shape index (κ2) is 7.73. The molecule has 0 aliphatic carbocycles. The Bertz CT molecular complexity index is 438. The highest BCUT2D eigenvalue weighted by atomic mass is 79.9. The summed E-state index contributed by atoms with van der Waals surface area (Å²) in [5, 5.41) is 17.3. The van der Waals surface area contributed by atoms with Crippen LogP contribution in [0.2, 0.25) is 0 Å². The van der Waals surface area contributed by atoms with Gasteiger partial charge in [0.1, 0.15) is 12.4 Å². The largest absolute Gasteiger partial charge is 1.00 e. The van der Waals surface area contributed by atoms with Crippen molar-refractivity contribution in [2.75, 3.05) is 0 Å². The van der Waals surface area contributed by atoms with Gasteiger partial charge in [0, 0.05) is 0 Å². The van der Waals surface area contributed by atoms with Gasteiger partial charge in [0.25, 0.3) is 0 Å². The van der Waals surface area contributed by atoms with E-state index in [4.69, 9.17) is 11.5 Å². The molecule has 1 heterocycles. The summed E-state index contributed by atoms with van der Waals surface area (Å²) in [6, 6.07) is 0. The molecule has 0 bridgehead atoms. The average Bonchev–Trinajstić information content (AvgIpc) is 2.47.